The van der Waals surface area contributed by atoms with Gasteiger partial charge in [-0.1, -0.05) is 44.2 Å². The fourth-order valence-electron chi connectivity index (χ4n) is 3.73. The maximum absolute atomic E-state index is 12.8. The van der Waals surface area contributed by atoms with Gasteiger partial charge in [0.2, 0.25) is 0 Å². The zero-order chi connectivity index (χ0) is 18.7. The van der Waals surface area contributed by atoms with Gasteiger partial charge in [0.05, 0.1) is 5.56 Å². The number of aromatic hydroxyl groups is 1. The van der Waals surface area contributed by atoms with Crippen LogP contribution in [0, 0.1) is 9.49 Å². The van der Waals surface area contributed by atoms with Gasteiger partial charge in [-0.2, -0.15) is 0 Å². The lowest BCUT2D eigenvalue weighted by molar-refractivity contribution is 0.0508. The Morgan fingerprint density at radius 1 is 1.04 bits per heavy atom. The highest BCUT2D eigenvalue weighted by atomic mass is 127. The van der Waals surface area contributed by atoms with E-state index in [1.807, 2.05) is 17.0 Å². The highest BCUT2D eigenvalue weighted by molar-refractivity contribution is 14.1. The zero-order valence-electron chi connectivity index (χ0n) is 15.2. The van der Waals surface area contributed by atoms with E-state index in [4.69, 9.17) is 0 Å². The van der Waals surface area contributed by atoms with Gasteiger partial charge < -0.3 is 10.0 Å². The zero-order valence-corrected chi connectivity index (χ0v) is 17.4. The molecule has 4 nitrogen and oxygen atoms in total. The average molecular weight is 464 g/mol. The van der Waals surface area contributed by atoms with Crippen LogP contribution >= 0.6 is 22.6 Å². The number of carbonyl (C=O) groups excluding carboxylic acids is 1. The third kappa shape index (κ3) is 4.20. The van der Waals surface area contributed by atoms with Crippen LogP contribution in [0.4, 0.5) is 0 Å². The van der Waals surface area contributed by atoms with Gasteiger partial charge in [-0.15, -0.1) is 0 Å². The maximum atomic E-state index is 12.8. The van der Waals surface area contributed by atoms with Gasteiger partial charge in [-0.3, -0.25) is 9.69 Å². The molecule has 1 saturated heterocycles. The van der Waals surface area contributed by atoms with E-state index in [-0.39, 0.29) is 11.7 Å². The molecule has 1 unspecified atom stereocenters. The number of hydrogen-bond acceptors (Lipinski definition) is 3. The average Bonchev–Trinajstić information content (AvgIpc) is 2.62. The highest BCUT2D eigenvalue weighted by Crippen LogP contribution is 2.30. The second kappa shape index (κ2) is 8.39. The van der Waals surface area contributed by atoms with Gasteiger partial charge >= 0.3 is 0 Å². The largest absolute Gasteiger partial charge is 0.507 e. The van der Waals surface area contributed by atoms with E-state index < -0.39 is 0 Å². The number of phenolic OH excluding ortho intramolecular Hbond substituents is 1. The van der Waals surface area contributed by atoms with Crippen LogP contribution in [0.1, 0.15) is 35.8 Å². The van der Waals surface area contributed by atoms with Crippen LogP contribution in [0.3, 0.4) is 0 Å². The normalized spacial score (nSPS) is 16.7. The predicted octanol–water partition coefficient (Wildman–Crippen LogP) is 4.15. The fourth-order valence-corrected chi connectivity index (χ4v) is 4.20. The van der Waals surface area contributed by atoms with Crippen molar-refractivity contribution in [2.75, 3.05) is 26.2 Å². The van der Waals surface area contributed by atoms with Crippen LogP contribution in [-0.4, -0.2) is 47.0 Å². The van der Waals surface area contributed by atoms with Gasteiger partial charge in [0.1, 0.15) is 5.75 Å². The molecular weight excluding hydrogens is 439 g/mol. The summed E-state index contributed by atoms with van der Waals surface area (Å²) in [4.78, 5) is 17.1. The van der Waals surface area contributed by atoms with Gasteiger partial charge in [-0.05, 0) is 52.3 Å². The monoisotopic (exact) mass is 464 g/mol. The van der Waals surface area contributed by atoms with Crippen LogP contribution in [-0.2, 0) is 0 Å². The van der Waals surface area contributed by atoms with Crippen molar-refractivity contribution in [2.45, 2.75) is 19.9 Å². The van der Waals surface area contributed by atoms with Crippen LogP contribution in [0.25, 0.3) is 0 Å². The van der Waals surface area contributed by atoms with E-state index in [2.05, 4.69) is 65.6 Å². The van der Waals surface area contributed by atoms with Crippen molar-refractivity contribution in [1.29, 1.82) is 0 Å². The van der Waals surface area contributed by atoms with Crippen molar-refractivity contribution in [3.63, 3.8) is 0 Å². The molecule has 0 bridgehead atoms. The number of halogens is 1. The molecule has 0 radical (unpaired) electrons. The summed E-state index contributed by atoms with van der Waals surface area (Å²) in [5.74, 6) is 0.480. The van der Waals surface area contributed by atoms with Crippen LogP contribution in [0.15, 0.2) is 48.5 Å². The summed E-state index contributed by atoms with van der Waals surface area (Å²) in [6.45, 7) is 7.54. The lowest BCUT2D eigenvalue weighted by atomic mass is 9.94. The Bertz CT molecular complexity index is 756. The van der Waals surface area contributed by atoms with Crippen molar-refractivity contribution in [3.8, 4) is 5.75 Å². The van der Waals surface area contributed by atoms with Crippen LogP contribution in [0.2, 0.25) is 0 Å². The first kappa shape index (κ1) is 19.2. The fraction of sp³-hybridized carbons (Fsp3) is 0.381. The van der Waals surface area contributed by atoms with Gasteiger partial charge in [-0.25, -0.2) is 0 Å². The van der Waals surface area contributed by atoms with Crippen molar-refractivity contribution in [2.24, 2.45) is 5.92 Å². The number of phenols is 1. The minimum absolute atomic E-state index is 0.0636. The Balaban J connectivity index is 1.69. The predicted molar refractivity (Wildman–Crippen MR) is 112 cm³/mol. The molecule has 1 amide bonds. The minimum Gasteiger partial charge on any atom is -0.507 e. The van der Waals surface area contributed by atoms with Gasteiger partial charge in [0.25, 0.3) is 5.91 Å². The Labute approximate surface area is 169 Å². The van der Waals surface area contributed by atoms with Gasteiger partial charge in [0, 0.05) is 35.8 Å². The molecule has 1 fully saturated rings. The molecule has 0 aromatic heterocycles. The number of rotatable bonds is 4. The summed E-state index contributed by atoms with van der Waals surface area (Å²) >= 11 is 2.13. The van der Waals surface area contributed by atoms with E-state index in [1.54, 1.807) is 12.1 Å². The van der Waals surface area contributed by atoms with Crippen molar-refractivity contribution >= 4 is 28.5 Å². The molecule has 1 aliphatic heterocycles. The van der Waals surface area contributed by atoms with E-state index in [9.17, 15) is 9.90 Å². The molecule has 3 rings (SSSR count). The molecule has 2 aromatic rings. The molecule has 26 heavy (non-hydrogen) atoms. The van der Waals surface area contributed by atoms with Crippen LogP contribution < -0.4 is 0 Å². The minimum atomic E-state index is -0.0839. The number of piperazine rings is 1. The number of hydrogen-bond donors (Lipinski definition) is 1. The Morgan fingerprint density at radius 2 is 1.69 bits per heavy atom. The molecular formula is C21H25IN2O2. The topological polar surface area (TPSA) is 43.8 Å². The Kier molecular flexibility index (Phi) is 6.19. The number of benzene rings is 2. The maximum Gasteiger partial charge on any atom is 0.257 e. The summed E-state index contributed by atoms with van der Waals surface area (Å²) in [5.41, 5.74) is 1.72. The summed E-state index contributed by atoms with van der Waals surface area (Å²) in [5, 5.41) is 10.1. The van der Waals surface area contributed by atoms with Gasteiger partial charge in [0.15, 0.2) is 0 Å². The summed E-state index contributed by atoms with van der Waals surface area (Å²) < 4.78 is 0.920. The number of amides is 1. The Morgan fingerprint density at radius 3 is 2.27 bits per heavy atom. The van der Waals surface area contributed by atoms with Crippen molar-refractivity contribution in [3.05, 3.63) is 63.2 Å². The molecule has 1 N–H and O–H groups in total. The first-order valence-corrected chi connectivity index (χ1v) is 10.1. The van der Waals surface area contributed by atoms with E-state index in [0.29, 0.717) is 30.6 Å². The third-order valence-electron chi connectivity index (χ3n) is 4.96. The highest BCUT2D eigenvalue weighted by Gasteiger charge is 2.29. The van der Waals surface area contributed by atoms with E-state index in [0.717, 1.165) is 16.7 Å². The molecule has 1 heterocycles. The standard InChI is InChI=1S/C21H25IN2O2/c1-15(2)20(16-6-4-3-5-7-16)23-10-12-24(13-11-23)21(26)18-9-8-17(22)14-19(18)25/h3-9,14-15,20,25H,10-13H2,1-2H3. The molecule has 0 aliphatic carbocycles. The molecule has 0 spiro atoms. The first-order chi connectivity index (χ1) is 12.5. The third-order valence-corrected chi connectivity index (χ3v) is 5.63. The molecule has 0 saturated carbocycles. The molecule has 1 aliphatic rings. The van der Waals surface area contributed by atoms with E-state index >= 15 is 0 Å². The molecule has 138 valence electrons. The summed E-state index contributed by atoms with van der Waals surface area (Å²) in [7, 11) is 0. The quantitative estimate of drug-likeness (QED) is 0.692. The lowest BCUT2D eigenvalue weighted by Crippen LogP contribution is -2.50. The van der Waals surface area contributed by atoms with Crippen molar-refractivity contribution < 1.29 is 9.90 Å². The molecule has 2 aromatic carbocycles. The second-order valence-electron chi connectivity index (χ2n) is 7.09. The van der Waals surface area contributed by atoms with Crippen LogP contribution in [0.5, 0.6) is 5.75 Å². The summed E-state index contributed by atoms with van der Waals surface area (Å²) in [6, 6.07) is 16.2. The smallest absolute Gasteiger partial charge is 0.257 e. The van der Waals surface area contributed by atoms with E-state index in [1.165, 1.54) is 5.56 Å². The number of nitrogens with zero attached hydrogens (tertiary/aromatic N) is 2. The second-order valence-corrected chi connectivity index (χ2v) is 8.33. The number of carbonyl (C=O) groups is 1. The lowest BCUT2D eigenvalue weighted by Gasteiger charge is -2.41. The Hall–Kier alpha value is -1.60. The first-order valence-electron chi connectivity index (χ1n) is 9.04. The molecule has 1 atom stereocenters. The van der Waals surface area contributed by atoms with Crippen molar-refractivity contribution in [1.82, 2.24) is 9.80 Å². The molecule has 5 heteroatoms. The summed E-state index contributed by atoms with van der Waals surface area (Å²) in [6.07, 6.45) is 0. The SMILES string of the molecule is CC(C)C(c1ccccc1)N1CCN(C(=O)c2ccc(I)cc2O)CC1.